The second-order valence-corrected chi connectivity index (χ2v) is 5.45. The lowest BCUT2D eigenvalue weighted by atomic mass is 10.1. The fraction of sp³-hybridized carbons (Fsp3) is 0.0556. The number of carbonyl (C=O) groups excluding carboxylic acids is 1. The van der Waals surface area contributed by atoms with Gasteiger partial charge < -0.3 is 5.32 Å². The molecule has 0 bridgehead atoms. The zero-order chi connectivity index (χ0) is 18.5. The van der Waals surface area contributed by atoms with Gasteiger partial charge in [0.2, 0.25) is 5.91 Å². The van der Waals surface area contributed by atoms with Crippen molar-refractivity contribution in [2.45, 2.75) is 6.92 Å². The summed E-state index contributed by atoms with van der Waals surface area (Å²) in [6.07, 6.45) is 5.98. The summed E-state index contributed by atoms with van der Waals surface area (Å²) in [5.41, 5.74) is 2.76. The van der Waals surface area contributed by atoms with E-state index in [0.29, 0.717) is 11.4 Å². The highest BCUT2D eigenvalue weighted by Gasteiger charge is 2.13. The molecule has 0 fully saturated rings. The Morgan fingerprint density at radius 3 is 2.69 bits per heavy atom. The highest BCUT2D eigenvalue weighted by molar-refractivity contribution is 6.02. The topological polar surface area (TPSA) is 114 Å². The molecule has 0 aliphatic rings. The van der Waals surface area contributed by atoms with Crippen LogP contribution in [0.15, 0.2) is 54.9 Å². The molecule has 0 spiro atoms. The molecule has 1 aromatic carbocycles. The zero-order valence-electron chi connectivity index (χ0n) is 13.8. The van der Waals surface area contributed by atoms with E-state index in [0.717, 1.165) is 16.8 Å². The van der Waals surface area contributed by atoms with E-state index in [9.17, 15) is 14.9 Å². The number of para-hydroxylation sites is 1. The van der Waals surface area contributed by atoms with E-state index in [1.54, 1.807) is 30.6 Å². The minimum Gasteiger partial charge on any atom is -0.305 e. The number of nitrogens with one attached hydrogen (secondary N) is 2. The summed E-state index contributed by atoms with van der Waals surface area (Å²) in [6, 6.07) is 9.87. The van der Waals surface area contributed by atoms with Crippen molar-refractivity contribution in [1.82, 2.24) is 15.2 Å². The van der Waals surface area contributed by atoms with Crippen molar-refractivity contribution in [2.24, 2.45) is 0 Å². The first kappa shape index (κ1) is 17.0. The van der Waals surface area contributed by atoms with E-state index in [-0.39, 0.29) is 5.69 Å². The van der Waals surface area contributed by atoms with Crippen LogP contribution in [0.5, 0.6) is 0 Å². The van der Waals surface area contributed by atoms with Gasteiger partial charge in [-0.2, -0.15) is 5.10 Å². The molecule has 0 aliphatic carbocycles. The van der Waals surface area contributed by atoms with Crippen LogP contribution in [0.25, 0.3) is 17.3 Å². The minimum atomic E-state index is -0.490. The van der Waals surface area contributed by atoms with E-state index in [4.69, 9.17) is 0 Å². The molecule has 2 N–H and O–H groups in total. The number of pyridine rings is 1. The van der Waals surface area contributed by atoms with Gasteiger partial charge in [-0.1, -0.05) is 12.1 Å². The number of aromatic nitrogens is 3. The number of anilines is 1. The van der Waals surface area contributed by atoms with Crippen LogP contribution in [0, 0.1) is 17.0 Å². The molecule has 130 valence electrons. The Kier molecular flexibility index (Phi) is 4.84. The molecule has 3 aromatic rings. The van der Waals surface area contributed by atoms with Crippen LogP contribution >= 0.6 is 0 Å². The molecule has 3 rings (SSSR count). The van der Waals surface area contributed by atoms with Gasteiger partial charge in [0.05, 0.1) is 16.2 Å². The standard InChI is InChI=1S/C18H15N5O3/c1-12-17(14-8-10-19-11-9-14)21-22-18(12)20-16(24)7-6-13-4-2-3-5-15(13)23(25)26/h2-11H,1H3,(H2,20,21,22,24). The maximum Gasteiger partial charge on any atom is 0.276 e. The number of benzene rings is 1. The Balaban J connectivity index is 1.76. The molecule has 0 saturated carbocycles. The Hall–Kier alpha value is -3.81. The van der Waals surface area contributed by atoms with Crippen molar-refractivity contribution in [1.29, 1.82) is 0 Å². The Morgan fingerprint density at radius 1 is 1.23 bits per heavy atom. The van der Waals surface area contributed by atoms with Crippen molar-refractivity contribution in [3.8, 4) is 11.3 Å². The van der Waals surface area contributed by atoms with Gasteiger partial charge in [0, 0.05) is 35.7 Å². The number of rotatable bonds is 5. The van der Waals surface area contributed by atoms with E-state index < -0.39 is 10.8 Å². The summed E-state index contributed by atoms with van der Waals surface area (Å²) in [7, 11) is 0. The number of amides is 1. The smallest absolute Gasteiger partial charge is 0.276 e. The average Bonchev–Trinajstić information content (AvgIpc) is 3.01. The predicted molar refractivity (Wildman–Crippen MR) is 97.3 cm³/mol. The van der Waals surface area contributed by atoms with Crippen molar-refractivity contribution >= 4 is 23.5 Å². The van der Waals surface area contributed by atoms with Crippen LogP contribution in [0.3, 0.4) is 0 Å². The Morgan fingerprint density at radius 2 is 1.96 bits per heavy atom. The third kappa shape index (κ3) is 3.64. The second kappa shape index (κ2) is 7.39. The number of aromatic amines is 1. The maximum atomic E-state index is 12.1. The Labute approximate surface area is 148 Å². The number of carbonyl (C=O) groups is 1. The summed E-state index contributed by atoms with van der Waals surface area (Å²) in [6.45, 7) is 1.83. The highest BCUT2D eigenvalue weighted by atomic mass is 16.6. The molecule has 0 radical (unpaired) electrons. The number of H-pyrrole nitrogens is 1. The van der Waals surface area contributed by atoms with Gasteiger partial charge in [-0.25, -0.2) is 0 Å². The van der Waals surface area contributed by atoms with Crippen LogP contribution in [0.1, 0.15) is 11.1 Å². The van der Waals surface area contributed by atoms with Gasteiger partial charge in [0.1, 0.15) is 0 Å². The van der Waals surface area contributed by atoms with Gasteiger partial charge in [-0.15, -0.1) is 0 Å². The van der Waals surface area contributed by atoms with E-state index in [1.807, 2.05) is 19.1 Å². The van der Waals surface area contributed by atoms with Crippen LogP contribution in [-0.2, 0) is 4.79 Å². The Bertz CT molecular complexity index is 980. The van der Waals surface area contributed by atoms with Crippen molar-refractivity contribution in [3.63, 3.8) is 0 Å². The first-order valence-electron chi connectivity index (χ1n) is 7.74. The maximum absolute atomic E-state index is 12.1. The monoisotopic (exact) mass is 349 g/mol. The molecule has 1 amide bonds. The molecule has 2 heterocycles. The molecular weight excluding hydrogens is 334 g/mol. The number of nitro groups is 1. The first-order chi connectivity index (χ1) is 12.6. The summed E-state index contributed by atoms with van der Waals surface area (Å²) in [4.78, 5) is 26.6. The number of hydrogen-bond donors (Lipinski definition) is 2. The molecule has 0 aliphatic heterocycles. The predicted octanol–water partition coefficient (Wildman–Crippen LogP) is 3.34. The molecule has 0 saturated heterocycles. The van der Waals surface area contributed by atoms with E-state index in [1.165, 1.54) is 18.2 Å². The summed E-state index contributed by atoms with van der Waals surface area (Å²) in [5.74, 6) is -0.0342. The van der Waals surface area contributed by atoms with Crippen molar-refractivity contribution in [3.05, 3.63) is 76.1 Å². The third-order valence-corrected chi connectivity index (χ3v) is 3.77. The van der Waals surface area contributed by atoms with Crippen LogP contribution < -0.4 is 5.32 Å². The molecule has 0 unspecified atom stereocenters. The molecule has 8 heteroatoms. The lowest BCUT2D eigenvalue weighted by Gasteiger charge is -2.01. The van der Waals surface area contributed by atoms with Gasteiger partial charge >= 0.3 is 0 Å². The normalized spacial score (nSPS) is 10.8. The van der Waals surface area contributed by atoms with Gasteiger partial charge in [0.25, 0.3) is 5.69 Å². The van der Waals surface area contributed by atoms with Crippen molar-refractivity contribution < 1.29 is 9.72 Å². The van der Waals surface area contributed by atoms with Crippen LogP contribution in [0.4, 0.5) is 11.5 Å². The number of hydrogen-bond acceptors (Lipinski definition) is 5. The van der Waals surface area contributed by atoms with E-state index in [2.05, 4.69) is 20.5 Å². The summed E-state index contributed by atoms with van der Waals surface area (Å²) < 4.78 is 0. The first-order valence-corrected chi connectivity index (χ1v) is 7.74. The molecule has 0 atom stereocenters. The van der Waals surface area contributed by atoms with Gasteiger partial charge in [-0.05, 0) is 31.2 Å². The summed E-state index contributed by atoms with van der Waals surface area (Å²) >= 11 is 0. The molecular formula is C18H15N5O3. The molecule has 26 heavy (non-hydrogen) atoms. The fourth-order valence-corrected chi connectivity index (χ4v) is 2.44. The minimum absolute atomic E-state index is 0.0625. The molecule has 2 aromatic heterocycles. The quantitative estimate of drug-likeness (QED) is 0.416. The fourth-order valence-electron chi connectivity index (χ4n) is 2.44. The zero-order valence-corrected chi connectivity index (χ0v) is 13.8. The van der Waals surface area contributed by atoms with Gasteiger partial charge in [-0.3, -0.25) is 25.0 Å². The lowest BCUT2D eigenvalue weighted by Crippen LogP contribution is -2.09. The number of nitro benzene ring substituents is 1. The summed E-state index contributed by atoms with van der Waals surface area (Å²) in [5, 5.41) is 20.7. The van der Waals surface area contributed by atoms with E-state index >= 15 is 0 Å². The SMILES string of the molecule is Cc1c(NC(=O)C=Cc2ccccc2[N+](=O)[O-])n[nH]c1-c1ccncc1. The van der Waals surface area contributed by atoms with Crippen molar-refractivity contribution in [2.75, 3.05) is 5.32 Å². The van der Waals surface area contributed by atoms with Crippen LogP contribution in [0.2, 0.25) is 0 Å². The van der Waals surface area contributed by atoms with Gasteiger partial charge in [0.15, 0.2) is 5.82 Å². The van der Waals surface area contributed by atoms with Crippen LogP contribution in [-0.4, -0.2) is 26.0 Å². The largest absolute Gasteiger partial charge is 0.305 e. The highest BCUT2D eigenvalue weighted by Crippen LogP contribution is 2.25. The molecule has 8 nitrogen and oxygen atoms in total. The lowest BCUT2D eigenvalue weighted by molar-refractivity contribution is -0.385. The second-order valence-electron chi connectivity index (χ2n) is 5.45. The number of nitrogens with zero attached hydrogens (tertiary/aromatic N) is 3. The average molecular weight is 349 g/mol. The third-order valence-electron chi connectivity index (χ3n) is 3.77.